The zero-order chi connectivity index (χ0) is 12.3. The first kappa shape index (κ1) is 10.2. The van der Waals surface area contributed by atoms with E-state index in [-0.39, 0.29) is 11.0 Å². The van der Waals surface area contributed by atoms with Crippen molar-refractivity contribution in [3.05, 3.63) is 40.2 Å². The van der Waals surface area contributed by atoms with Gasteiger partial charge in [-0.05, 0) is 31.0 Å². The van der Waals surface area contributed by atoms with Crippen LogP contribution in [0.4, 0.5) is 4.39 Å². The highest BCUT2D eigenvalue weighted by Crippen LogP contribution is 2.46. The third-order valence-corrected chi connectivity index (χ3v) is 4.17. The predicted molar refractivity (Wildman–Crippen MR) is 65.0 cm³/mol. The summed E-state index contributed by atoms with van der Waals surface area (Å²) in [5.74, 6) is 0.333. The second-order valence-corrected chi connectivity index (χ2v) is 5.34. The fraction of sp³-hybridized carbons (Fsp3) is 0.385. The Hall–Kier alpha value is -1.75. The maximum atomic E-state index is 13.1. The molecule has 0 amide bonds. The van der Waals surface area contributed by atoms with Crippen LogP contribution in [0.1, 0.15) is 18.7 Å². The number of aromatic nitrogens is 2. The summed E-state index contributed by atoms with van der Waals surface area (Å²) >= 11 is 0. The van der Waals surface area contributed by atoms with E-state index in [2.05, 4.69) is 15.3 Å². The summed E-state index contributed by atoms with van der Waals surface area (Å²) in [4.78, 5) is 19.3. The van der Waals surface area contributed by atoms with Crippen molar-refractivity contribution in [1.29, 1.82) is 0 Å². The van der Waals surface area contributed by atoms with Crippen molar-refractivity contribution in [2.24, 2.45) is 0 Å². The lowest BCUT2D eigenvalue weighted by Gasteiger charge is -2.35. The molecule has 1 aromatic heterocycles. The number of halogens is 1. The molecular formula is C13H12FN3O. The second-order valence-electron chi connectivity index (χ2n) is 5.34. The lowest BCUT2D eigenvalue weighted by molar-refractivity contribution is 0.289. The predicted octanol–water partition coefficient (Wildman–Crippen LogP) is 1.07. The van der Waals surface area contributed by atoms with Crippen molar-refractivity contribution in [3.63, 3.8) is 0 Å². The molecule has 92 valence electrons. The molecule has 1 aliphatic carbocycles. The monoisotopic (exact) mass is 245 g/mol. The van der Waals surface area contributed by atoms with E-state index in [4.69, 9.17) is 0 Å². The number of hydrogen-bond donors (Lipinski definition) is 2. The maximum Gasteiger partial charge on any atom is 0.258 e. The molecule has 2 bridgehead atoms. The van der Waals surface area contributed by atoms with Gasteiger partial charge in [0.05, 0.1) is 10.9 Å². The van der Waals surface area contributed by atoms with Crippen molar-refractivity contribution >= 4 is 10.9 Å². The first-order valence-electron chi connectivity index (χ1n) is 6.10. The summed E-state index contributed by atoms with van der Waals surface area (Å²) in [6, 6.07) is 4.71. The number of hydrogen-bond acceptors (Lipinski definition) is 3. The normalized spacial score (nSPS) is 29.5. The van der Waals surface area contributed by atoms with Gasteiger partial charge >= 0.3 is 0 Å². The quantitative estimate of drug-likeness (QED) is 0.790. The number of H-pyrrole nitrogens is 1. The van der Waals surface area contributed by atoms with Gasteiger partial charge in [-0.1, -0.05) is 0 Å². The molecule has 5 rings (SSSR count). The van der Waals surface area contributed by atoms with Crippen LogP contribution in [0.3, 0.4) is 0 Å². The summed E-state index contributed by atoms with van der Waals surface area (Å²) in [5.41, 5.74) is 0.311. The Bertz CT molecular complexity index is 697. The van der Waals surface area contributed by atoms with Gasteiger partial charge < -0.3 is 10.3 Å². The molecule has 0 atom stereocenters. The standard InChI is InChI=1S/C13H12FN3O/c14-7-1-2-10-9(3-7)11(18)17-12(16-10)13-4-8(5-13)15-6-13/h1-3,8,15H,4-6H2,(H,16,17,18). The fourth-order valence-corrected chi connectivity index (χ4v) is 3.15. The Balaban J connectivity index is 1.94. The fourth-order valence-electron chi connectivity index (χ4n) is 3.15. The summed E-state index contributed by atoms with van der Waals surface area (Å²) in [7, 11) is 0. The molecule has 1 aromatic carbocycles. The number of aromatic amines is 1. The van der Waals surface area contributed by atoms with Crippen LogP contribution < -0.4 is 10.9 Å². The molecule has 2 aliphatic heterocycles. The molecule has 3 heterocycles. The molecule has 2 N–H and O–H groups in total. The van der Waals surface area contributed by atoms with E-state index >= 15 is 0 Å². The molecule has 2 aromatic rings. The van der Waals surface area contributed by atoms with Crippen LogP contribution in [0.2, 0.25) is 0 Å². The second kappa shape index (κ2) is 3.17. The summed E-state index contributed by atoms with van der Waals surface area (Å²) in [5, 5.41) is 3.70. The van der Waals surface area contributed by atoms with E-state index < -0.39 is 5.82 Å². The van der Waals surface area contributed by atoms with Crippen LogP contribution >= 0.6 is 0 Å². The highest BCUT2D eigenvalue weighted by molar-refractivity contribution is 5.77. The SMILES string of the molecule is O=c1[nH]c(C23CNC(C2)C3)nc2ccc(F)cc12. The number of nitrogens with zero attached hydrogens (tertiary/aromatic N) is 1. The van der Waals surface area contributed by atoms with Crippen LogP contribution in [0.25, 0.3) is 10.9 Å². The van der Waals surface area contributed by atoms with Gasteiger partial charge in [0.1, 0.15) is 11.6 Å². The van der Waals surface area contributed by atoms with Crippen LogP contribution in [-0.4, -0.2) is 22.6 Å². The Morgan fingerprint density at radius 1 is 1.39 bits per heavy atom. The number of rotatable bonds is 1. The molecule has 3 aliphatic rings. The molecule has 0 radical (unpaired) electrons. The van der Waals surface area contributed by atoms with Gasteiger partial charge in [0.15, 0.2) is 0 Å². The van der Waals surface area contributed by atoms with E-state index in [1.165, 1.54) is 12.1 Å². The minimum absolute atomic E-state index is 0.00754. The van der Waals surface area contributed by atoms with Gasteiger partial charge in [0, 0.05) is 18.0 Å². The molecule has 4 nitrogen and oxygen atoms in total. The summed E-state index contributed by atoms with van der Waals surface area (Å²) in [6.07, 6.45) is 2.06. The van der Waals surface area contributed by atoms with E-state index in [0.717, 1.165) is 25.2 Å². The smallest absolute Gasteiger partial charge is 0.258 e. The molecule has 2 saturated heterocycles. The highest BCUT2D eigenvalue weighted by Gasteiger charge is 2.53. The third kappa shape index (κ3) is 1.22. The zero-order valence-corrected chi connectivity index (χ0v) is 9.66. The first-order chi connectivity index (χ1) is 8.66. The Kier molecular flexibility index (Phi) is 1.80. The highest BCUT2D eigenvalue weighted by atomic mass is 19.1. The van der Waals surface area contributed by atoms with Crippen LogP contribution in [0.15, 0.2) is 23.0 Å². The molecule has 5 heteroatoms. The van der Waals surface area contributed by atoms with E-state index in [1.807, 2.05) is 0 Å². The number of benzene rings is 1. The minimum Gasteiger partial charge on any atom is -0.313 e. The lowest BCUT2D eigenvalue weighted by atomic mass is 9.69. The molecule has 18 heavy (non-hydrogen) atoms. The van der Waals surface area contributed by atoms with Gasteiger partial charge in [-0.2, -0.15) is 0 Å². The number of fused-ring (bicyclic) bond motifs is 2. The van der Waals surface area contributed by atoms with Crippen molar-refractivity contribution in [2.75, 3.05) is 6.54 Å². The van der Waals surface area contributed by atoms with Gasteiger partial charge in [-0.25, -0.2) is 9.37 Å². The van der Waals surface area contributed by atoms with Crippen molar-refractivity contribution in [3.8, 4) is 0 Å². The Labute approximate surface area is 102 Å². The summed E-state index contributed by atoms with van der Waals surface area (Å²) < 4.78 is 13.1. The van der Waals surface area contributed by atoms with E-state index in [1.54, 1.807) is 6.07 Å². The minimum atomic E-state index is -0.410. The molecule has 0 unspecified atom stereocenters. The largest absolute Gasteiger partial charge is 0.313 e. The molecule has 0 spiro atoms. The topological polar surface area (TPSA) is 57.8 Å². The average molecular weight is 245 g/mol. The molecule has 1 saturated carbocycles. The van der Waals surface area contributed by atoms with Crippen molar-refractivity contribution < 1.29 is 4.39 Å². The Morgan fingerprint density at radius 3 is 2.94 bits per heavy atom. The Morgan fingerprint density at radius 2 is 2.22 bits per heavy atom. The van der Waals surface area contributed by atoms with Gasteiger partial charge in [0.25, 0.3) is 5.56 Å². The average Bonchev–Trinajstić information content (AvgIpc) is 2.89. The van der Waals surface area contributed by atoms with Crippen LogP contribution in [0, 0.1) is 5.82 Å². The summed E-state index contributed by atoms with van der Waals surface area (Å²) in [6.45, 7) is 0.868. The third-order valence-electron chi connectivity index (χ3n) is 4.17. The number of nitrogens with one attached hydrogen (secondary N) is 2. The van der Waals surface area contributed by atoms with E-state index in [9.17, 15) is 9.18 Å². The van der Waals surface area contributed by atoms with Gasteiger partial charge in [-0.3, -0.25) is 4.79 Å². The van der Waals surface area contributed by atoms with Crippen LogP contribution in [0.5, 0.6) is 0 Å². The first-order valence-corrected chi connectivity index (χ1v) is 6.10. The lowest BCUT2D eigenvalue weighted by Crippen LogP contribution is -2.40. The van der Waals surface area contributed by atoms with Gasteiger partial charge in [0.2, 0.25) is 0 Å². The maximum absolute atomic E-state index is 13.1. The molecular weight excluding hydrogens is 233 g/mol. The van der Waals surface area contributed by atoms with Crippen molar-refractivity contribution in [2.45, 2.75) is 24.3 Å². The van der Waals surface area contributed by atoms with E-state index in [0.29, 0.717) is 16.9 Å². The zero-order valence-electron chi connectivity index (χ0n) is 9.66. The van der Waals surface area contributed by atoms with Crippen LogP contribution in [-0.2, 0) is 5.41 Å². The van der Waals surface area contributed by atoms with Crippen molar-refractivity contribution in [1.82, 2.24) is 15.3 Å². The molecule has 3 fully saturated rings. The van der Waals surface area contributed by atoms with Gasteiger partial charge in [-0.15, -0.1) is 0 Å².